The summed E-state index contributed by atoms with van der Waals surface area (Å²) in [5.41, 5.74) is 11.9. The number of hydroxylamine groups is 1. The molecule has 2 aromatic heterocycles. The Labute approximate surface area is 404 Å². The predicted molar refractivity (Wildman–Crippen MR) is 290 cm³/mol. The van der Waals surface area contributed by atoms with Crippen molar-refractivity contribution in [1.29, 1.82) is 0 Å². The van der Waals surface area contributed by atoms with Gasteiger partial charge in [0.15, 0.2) is 8.07 Å². The topological polar surface area (TPSA) is 33.5 Å². The normalized spacial score (nSPS) is 12.7. The highest BCUT2D eigenvalue weighted by atomic mass is 28.3. The highest BCUT2D eigenvalue weighted by Gasteiger charge is 2.43. The van der Waals surface area contributed by atoms with E-state index in [9.17, 15) is 0 Å². The number of pyridine rings is 1. The summed E-state index contributed by atoms with van der Waals surface area (Å²) >= 11 is 0. The van der Waals surface area contributed by atoms with Crippen molar-refractivity contribution in [2.75, 3.05) is 10.1 Å². The number of rotatable bonds is 9. The molecule has 5 nitrogen and oxygen atoms in total. The molecular formula is C63H50N4OSi. The fraction of sp³-hybridized carbons (Fsp3) is 0.0635. The standard InChI is InChI=1S/C63H50N4OSi/c1-63(2,3)67-59-37-19-18-36-58(59)66(68-67)48-26-20-31-51(43-48)69(49-27-12-6-13-28-49,50-29-14-7-15-30-50)52-38-39-56-55-32-16-17-35-57(55)65(60(56)44-52)61-42-47(40-41-64-61)62-53(45-22-8-4-9-23-45)33-21-34-54(62)46-24-10-5-11-25-46/h4-44H,1-3H3. The maximum Gasteiger partial charge on any atom is 0.179 e. The fourth-order valence-corrected chi connectivity index (χ4v) is 15.4. The van der Waals surface area contributed by atoms with Gasteiger partial charge in [0.2, 0.25) is 0 Å². The number of benzene rings is 9. The lowest BCUT2D eigenvalue weighted by atomic mass is 9.88. The van der Waals surface area contributed by atoms with E-state index in [1.54, 1.807) is 0 Å². The molecule has 0 unspecified atom stereocenters. The Balaban J connectivity index is 1.10. The average molecular weight is 907 g/mol. The van der Waals surface area contributed by atoms with Crippen LogP contribution in [0.4, 0.5) is 17.1 Å². The first-order valence-electron chi connectivity index (χ1n) is 23.7. The van der Waals surface area contributed by atoms with Crippen LogP contribution in [-0.4, -0.2) is 23.2 Å². The molecule has 0 amide bonds. The Morgan fingerprint density at radius 2 is 0.957 bits per heavy atom. The summed E-state index contributed by atoms with van der Waals surface area (Å²) in [5, 5.41) is 11.5. The number of anilines is 3. The molecule has 0 saturated heterocycles. The quantitative estimate of drug-likeness (QED) is 0.107. The zero-order valence-electron chi connectivity index (χ0n) is 38.9. The van der Waals surface area contributed by atoms with Crippen LogP contribution in [-0.2, 0) is 4.94 Å². The van der Waals surface area contributed by atoms with Gasteiger partial charge in [-0.2, -0.15) is 5.06 Å². The van der Waals surface area contributed by atoms with Crippen LogP contribution in [0.2, 0.25) is 0 Å². The lowest BCUT2D eigenvalue weighted by Crippen LogP contribution is -2.74. The summed E-state index contributed by atoms with van der Waals surface area (Å²) in [6, 6.07) is 88.3. The summed E-state index contributed by atoms with van der Waals surface area (Å²) in [5.74, 6) is 0.861. The number of hydrogen-bond donors (Lipinski definition) is 0. The molecule has 1 aliphatic rings. The first-order chi connectivity index (χ1) is 33.9. The zero-order chi connectivity index (χ0) is 46.5. The van der Waals surface area contributed by atoms with Gasteiger partial charge in [0.1, 0.15) is 5.82 Å². The van der Waals surface area contributed by atoms with Gasteiger partial charge in [-0.25, -0.2) is 10.0 Å². The molecule has 1 aliphatic heterocycles. The average Bonchev–Trinajstić information content (AvgIpc) is 3.97. The van der Waals surface area contributed by atoms with Gasteiger partial charge in [-0.15, -0.1) is 4.94 Å². The Hall–Kier alpha value is -8.29. The molecule has 0 bridgehead atoms. The van der Waals surface area contributed by atoms with Gasteiger partial charge in [0.05, 0.1) is 33.6 Å². The second kappa shape index (κ2) is 17.1. The minimum absolute atomic E-state index is 0.271. The maximum absolute atomic E-state index is 6.80. The minimum atomic E-state index is -3.10. The van der Waals surface area contributed by atoms with Crippen LogP contribution in [0.25, 0.3) is 61.0 Å². The van der Waals surface area contributed by atoms with Gasteiger partial charge >= 0.3 is 0 Å². The van der Waals surface area contributed by atoms with E-state index in [0.29, 0.717) is 0 Å². The van der Waals surface area contributed by atoms with Gasteiger partial charge in [0, 0.05) is 17.0 Å². The monoisotopic (exact) mass is 906 g/mol. The lowest BCUT2D eigenvalue weighted by Gasteiger charge is -2.35. The smallest absolute Gasteiger partial charge is 0.179 e. The van der Waals surface area contributed by atoms with Crippen LogP contribution < -0.4 is 30.9 Å². The van der Waals surface area contributed by atoms with Crippen LogP contribution in [0.3, 0.4) is 0 Å². The molecule has 0 aliphatic carbocycles. The lowest BCUT2D eigenvalue weighted by molar-refractivity contribution is 0.0843. The number of nitrogens with zero attached hydrogens (tertiary/aromatic N) is 4. The Bertz CT molecular complexity index is 3550. The van der Waals surface area contributed by atoms with Crippen molar-refractivity contribution in [1.82, 2.24) is 9.55 Å². The van der Waals surface area contributed by atoms with E-state index in [1.165, 1.54) is 59.3 Å². The van der Waals surface area contributed by atoms with Gasteiger partial charge < -0.3 is 0 Å². The largest absolute Gasteiger partial charge is 0.294 e. The minimum Gasteiger partial charge on any atom is -0.294 e. The molecule has 0 saturated carbocycles. The van der Waals surface area contributed by atoms with Crippen molar-refractivity contribution in [2.45, 2.75) is 26.3 Å². The fourth-order valence-electron chi connectivity index (χ4n) is 10.6. The third-order valence-electron chi connectivity index (χ3n) is 13.6. The van der Waals surface area contributed by atoms with Gasteiger partial charge in [-0.1, -0.05) is 194 Å². The van der Waals surface area contributed by atoms with Gasteiger partial charge in [-0.3, -0.25) is 4.57 Å². The van der Waals surface area contributed by atoms with Crippen molar-refractivity contribution in [3.63, 3.8) is 0 Å². The molecule has 6 heteroatoms. The van der Waals surface area contributed by atoms with E-state index in [0.717, 1.165) is 39.5 Å². The molecule has 0 N–H and O–H groups in total. The van der Waals surface area contributed by atoms with E-state index in [1.807, 2.05) is 16.3 Å². The molecule has 69 heavy (non-hydrogen) atoms. The van der Waals surface area contributed by atoms with Crippen LogP contribution in [0.5, 0.6) is 0 Å². The number of fused-ring (bicyclic) bond motifs is 4. The van der Waals surface area contributed by atoms with Crippen LogP contribution >= 0.6 is 0 Å². The first kappa shape index (κ1) is 42.1. The molecule has 0 spiro atoms. The van der Waals surface area contributed by atoms with E-state index in [-0.39, 0.29) is 5.54 Å². The third-order valence-corrected chi connectivity index (χ3v) is 18.4. The Morgan fingerprint density at radius 3 is 1.61 bits per heavy atom. The molecule has 11 aromatic rings. The third kappa shape index (κ3) is 7.15. The van der Waals surface area contributed by atoms with Crippen molar-refractivity contribution in [3.8, 4) is 39.2 Å². The van der Waals surface area contributed by atoms with E-state index in [2.05, 4.69) is 268 Å². The first-order valence-corrected chi connectivity index (χ1v) is 25.7. The second-order valence-corrected chi connectivity index (χ2v) is 22.6. The predicted octanol–water partition coefficient (Wildman–Crippen LogP) is 13.2. The van der Waals surface area contributed by atoms with Gasteiger partial charge in [0.25, 0.3) is 0 Å². The SMILES string of the molecule is CC(C)(C)N1ON(c2cccc([Si](c3ccccc3)(c3ccccc3)c3ccc4c5ccccc5n(-c5cc(-c6c(-c7ccccc7)cccc6-c6ccccc6)ccn5)c4c3)c2)c2ccccc21. The molecule has 0 fully saturated rings. The molecule has 0 radical (unpaired) electrons. The van der Waals surface area contributed by atoms with Crippen molar-refractivity contribution in [3.05, 3.63) is 249 Å². The maximum atomic E-state index is 6.80. The van der Waals surface area contributed by atoms with Crippen LogP contribution in [0.1, 0.15) is 20.8 Å². The Morgan fingerprint density at radius 1 is 0.420 bits per heavy atom. The zero-order valence-corrected chi connectivity index (χ0v) is 39.9. The Kier molecular flexibility index (Phi) is 10.4. The van der Waals surface area contributed by atoms with Crippen LogP contribution in [0, 0.1) is 0 Å². The summed E-state index contributed by atoms with van der Waals surface area (Å²) < 4.78 is 2.38. The number of aromatic nitrogens is 2. The second-order valence-electron chi connectivity index (χ2n) is 18.8. The highest BCUT2D eigenvalue weighted by Crippen LogP contribution is 2.45. The van der Waals surface area contributed by atoms with E-state index >= 15 is 0 Å². The van der Waals surface area contributed by atoms with E-state index < -0.39 is 8.07 Å². The van der Waals surface area contributed by atoms with Gasteiger partial charge in [-0.05, 0) is 123 Å². The molecular weight excluding hydrogens is 857 g/mol. The molecule has 9 aromatic carbocycles. The summed E-state index contributed by atoms with van der Waals surface area (Å²) in [7, 11) is -3.10. The molecule has 332 valence electrons. The number of hydrogen-bond acceptors (Lipinski definition) is 4. The van der Waals surface area contributed by atoms with Crippen molar-refractivity contribution in [2.24, 2.45) is 0 Å². The van der Waals surface area contributed by atoms with E-state index in [4.69, 9.17) is 9.92 Å². The summed E-state index contributed by atoms with van der Waals surface area (Å²) in [6.07, 6.45) is 1.98. The van der Waals surface area contributed by atoms with Crippen molar-refractivity contribution < 1.29 is 4.94 Å². The summed E-state index contributed by atoms with van der Waals surface area (Å²) in [6.45, 7) is 6.54. The highest BCUT2D eigenvalue weighted by molar-refractivity contribution is 7.20. The van der Waals surface area contributed by atoms with Crippen LogP contribution in [0.15, 0.2) is 249 Å². The molecule has 12 rings (SSSR count). The summed E-state index contributed by atoms with van der Waals surface area (Å²) in [4.78, 5) is 12.0. The number of para-hydroxylation sites is 3. The molecule has 3 heterocycles. The molecule has 0 atom stereocenters. The van der Waals surface area contributed by atoms with Crippen molar-refractivity contribution >= 4 is 67.7 Å².